The number of carbonyl (C=O) groups is 1. The van der Waals surface area contributed by atoms with E-state index in [1.807, 2.05) is 24.3 Å². The van der Waals surface area contributed by atoms with Crippen molar-refractivity contribution >= 4 is 5.91 Å². The summed E-state index contributed by atoms with van der Waals surface area (Å²) < 4.78 is 5.25. The van der Waals surface area contributed by atoms with Gasteiger partial charge < -0.3 is 14.5 Å². The Kier molecular flexibility index (Phi) is 4.67. The van der Waals surface area contributed by atoms with Crippen LogP contribution in [0.1, 0.15) is 31.2 Å². The predicted octanol–water partition coefficient (Wildman–Crippen LogP) is 2.32. The summed E-state index contributed by atoms with van der Waals surface area (Å²) in [5.74, 6) is 1.08. The van der Waals surface area contributed by atoms with Crippen molar-refractivity contribution in [3.05, 3.63) is 29.8 Å². The van der Waals surface area contributed by atoms with Gasteiger partial charge in [-0.05, 0) is 57.0 Å². The Morgan fingerprint density at radius 3 is 2.73 bits per heavy atom. The van der Waals surface area contributed by atoms with E-state index in [0.29, 0.717) is 18.5 Å². The van der Waals surface area contributed by atoms with Gasteiger partial charge in [-0.2, -0.15) is 0 Å². The number of hydrogen-bond donors (Lipinski definition) is 0. The SMILES string of the molecule is COc1cccc(CC(=O)N2CCCC2C2CCCN2C)c1. The van der Waals surface area contributed by atoms with Crippen molar-refractivity contribution in [3.63, 3.8) is 0 Å². The topological polar surface area (TPSA) is 32.8 Å². The summed E-state index contributed by atoms with van der Waals surface area (Å²) in [6.45, 7) is 2.08. The smallest absolute Gasteiger partial charge is 0.227 e. The molecule has 0 N–H and O–H groups in total. The minimum absolute atomic E-state index is 0.260. The van der Waals surface area contributed by atoms with Gasteiger partial charge in [0.15, 0.2) is 0 Å². The highest BCUT2D eigenvalue weighted by molar-refractivity contribution is 5.79. The van der Waals surface area contributed by atoms with Crippen LogP contribution in [0.4, 0.5) is 0 Å². The molecule has 2 atom stereocenters. The van der Waals surface area contributed by atoms with Gasteiger partial charge in [-0.15, -0.1) is 0 Å². The number of nitrogens with zero attached hydrogens (tertiary/aromatic N) is 2. The van der Waals surface area contributed by atoms with Crippen LogP contribution < -0.4 is 4.74 Å². The molecule has 0 radical (unpaired) electrons. The molecule has 0 saturated carbocycles. The second-order valence-corrected chi connectivity index (χ2v) is 6.52. The first-order chi connectivity index (χ1) is 10.7. The minimum atomic E-state index is 0.260. The molecular weight excluding hydrogens is 276 g/mol. The van der Waals surface area contributed by atoms with Crippen molar-refractivity contribution < 1.29 is 9.53 Å². The number of amides is 1. The van der Waals surface area contributed by atoms with Gasteiger partial charge in [-0.3, -0.25) is 4.79 Å². The number of benzene rings is 1. The molecule has 2 aliphatic heterocycles. The zero-order chi connectivity index (χ0) is 15.5. The number of likely N-dealkylation sites (N-methyl/N-ethyl adjacent to an activating group) is 1. The van der Waals surface area contributed by atoms with Crippen LogP contribution in [-0.4, -0.2) is 55.0 Å². The van der Waals surface area contributed by atoms with Crippen LogP contribution in [0, 0.1) is 0 Å². The highest BCUT2D eigenvalue weighted by Gasteiger charge is 2.38. The van der Waals surface area contributed by atoms with E-state index in [2.05, 4.69) is 16.8 Å². The van der Waals surface area contributed by atoms with Crippen molar-refractivity contribution in [3.8, 4) is 5.75 Å². The average Bonchev–Trinajstić information content (AvgIpc) is 3.15. The van der Waals surface area contributed by atoms with Crippen LogP contribution in [0.2, 0.25) is 0 Å². The summed E-state index contributed by atoms with van der Waals surface area (Å²) >= 11 is 0. The number of rotatable bonds is 4. The van der Waals surface area contributed by atoms with E-state index in [4.69, 9.17) is 4.74 Å². The van der Waals surface area contributed by atoms with Gasteiger partial charge in [0.25, 0.3) is 0 Å². The molecule has 4 nitrogen and oxygen atoms in total. The van der Waals surface area contributed by atoms with Crippen molar-refractivity contribution in [1.29, 1.82) is 0 Å². The van der Waals surface area contributed by atoms with Crippen LogP contribution in [-0.2, 0) is 11.2 Å². The summed E-state index contributed by atoms with van der Waals surface area (Å²) in [5.41, 5.74) is 1.04. The normalized spacial score (nSPS) is 25.6. The predicted molar refractivity (Wildman–Crippen MR) is 87.1 cm³/mol. The molecular formula is C18H26N2O2. The molecule has 2 aliphatic rings. The largest absolute Gasteiger partial charge is 0.497 e. The maximum absolute atomic E-state index is 12.8. The Labute approximate surface area is 133 Å². The van der Waals surface area contributed by atoms with E-state index >= 15 is 0 Å². The third kappa shape index (κ3) is 3.12. The van der Waals surface area contributed by atoms with Gasteiger partial charge in [-0.25, -0.2) is 0 Å². The Hall–Kier alpha value is -1.55. The number of carbonyl (C=O) groups excluding carboxylic acids is 1. The fourth-order valence-corrected chi connectivity index (χ4v) is 3.98. The summed E-state index contributed by atoms with van der Waals surface area (Å²) in [6, 6.07) is 8.80. The van der Waals surface area contributed by atoms with E-state index in [0.717, 1.165) is 30.7 Å². The fraction of sp³-hybridized carbons (Fsp3) is 0.611. The van der Waals surface area contributed by atoms with E-state index in [-0.39, 0.29) is 5.91 Å². The van der Waals surface area contributed by atoms with E-state index in [1.165, 1.54) is 19.4 Å². The third-order valence-electron chi connectivity index (χ3n) is 5.13. The molecule has 2 unspecified atom stereocenters. The Bertz CT molecular complexity index is 532. The van der Waals surface area contributed by atoms with Crippen molar-refractivity contribution in [1.82, 2.24) is 9.80 Å². The van der Waals surface area contributed by atoms with Gasteiger partial charge in [0.05, 0.1) is 13.5 Å². The molecule has 0 bridgehead atoms. The van der Waals surface area contributed by atoms with Crippen LogP contribution in [0.15, 0.2) is 24.3 Å². The third-order valence-corrected chi connectivity index (χ3v) is 5.13. The van der Waals surface area contributed by atoms with Gasteiger partial charge >= 0.3 is 0 Å². The zero-order valence-electron chi connectivity index (χ0n) is 13.6. The van der Waals surface area contributed by atoms with E-state index in [1.54, 1.807) is 7.11 Å². The van der Waals surface area contributed by atoms with Gasteiger partial charge in [-0.1, -0.05) is 12.1 Å². The first kappa shape index (κ1) is 15.3. The van der Waals surface area contributed by atoms with Crippen LogP contribution in [0.5, 0.6) is 5.75 Å². The first-order valence-electron chi connectivity index (χ1n) is 8.31. The van der Waals surface area contributed by atoms with Gasteiger partial charge in [0, 0.05) is 18.6 Å². The number of methoxy groups -OCH3 is 1. The molecule has 2 fully saturated rings. The molecule has 4 heteroatoms. The lowest BCUT2D eigenvalue weighted by atomic mass is 10.0. The summed E-state index contributed by atoms with van der Waals surface area (Å²) in [7, 11) is 3.86. The second kappa shape index (κ2) is 6.69. The van der Waals surface area contributed by atoms with E-state index < -0.39 is 0 Å². The first-order valence-corrected chi connectivity index (χ1v) is 8.31. The fourth-order valence-electron chi connectivity index (χ4n) is 3.98. The van der Waals surface area contributed by atoms with Gasteiger partial charge in [0.1, 0.15) is 5.75 Å². The molecule has 120 valence electrons. The Balaban J connectivity index is 1.68. The molecule has 2 saturated heterocycles. The molecule has 1 aromatic rings. The average molecular weight is 302 g/mol. The Morgan fingerprint density at radius 2 is 2.00 bits per heavy atom. The molecule has 3 rings (SSSR count). The molecule has 22 heavy (non-hydrogen) atoms. The summed E-state index contributed by atoms with van der Waals surface area (Å²) in [6.07, 6.45) is 5.25. The lowest BCUT2D eigenvalue weighted by molar-refractivity contribution is -0.132. The lowest BCUT2D eigenvalue weighted by Crippen LogP contribution is -2.47. The minimum Gasteiger partial charge on any atom is -0.497 e. The number of likely N-dealkylation sites (tertiary alicyclic amines) is 2. The monoisotopic (exact) mass is 302 g/mol. The lowest BCUT2D eigenvalue weighted by Gasteiger charge is -2.33. The standard InChI is InChI=1S/C18H26N2O2/c1-19-10-4-8-16(19)17-9-5-11-20(17)18(21)13-14-6-3-7-15(12-14)22-2/h3,6-7,12,16-17H,4-5,8-11,13H2,1-2H3. The van der Waals surface area contributed by atoms with Crippen LogP contribution in [0.25, 0.3) is 0 Å². The molecule has 0 aromatic heterocycles. The second-order valence-electron chi connectivity index (χ2n) is 6.52. The zero-order valence-corrected chi connectivity index (χ0v) is 13.6. The van der Waals surface area contributed by atoms with Crippen LogP contribution >= 0.6 is 0 Å². The maximum Gasteiger partial charge on any atom is 0.227 e. The van der Waals surface area contributed by atoms with Crippen molar-refractivity contribution in [2.75, 3.05) is 27.2 Å². The summed E-state index contributed by atoms with van der Waals surface area (Å²) in [5, 5.41) is 0. The summed E-state index contributed by atoms with van der Waals surface area (Å²) in [4.78, 5) is 17.3. The highest BCUT2D eigenvalue weighted by atomic mass is 16.5. The molecule has 1 aromatic carbocycles. The maximum atomic E-state index is 12.8. The van der Waals surface area contributed by atoms with Crippen molar-refractivity contribution in [2.24, 2.45) is 0 Å². The Morgan fingerprint density at radius 1 is 1.23 bits per heavy atom. The molecule has 0 aliphatic carbocycles. The van der Waals surface area contributed by atoms with Gasteiger partial charge in [0.2, 0.25) is 5.91 Å². The molecule has 0 spiro atoms. The number of ether oxygens (including phenoxy) is 1. The quantitative estimate of drug-likeness (QED) is 0.856. The molecule has 1 amide bonds. The van der Waals surface area contributed by atoms with Crippen LogP contribution in [0.3, 0.4) is 0 Å². The van der Waals surface area contributed by atoms with E-state index in [9.17, 15) is 4.79 Å². The molecule has 2 heterocycles. The van der Waals surface area contributed by atoms with Crippen molar-refractivity contribution in [2.45, 2.75) is 44.2 Å². The highest BCUT2D eigenvalue weighted by Crippen LogP contribution is 2.29. The number of hydrogen-bond acceptors (Lipinski definition) is 3.